The fourth-order valence-corrected chi connectivity index (χ4v) is 0.995. The van der Waals surface area contributed by atoms with Gasteiger partial charge in [0.2, 0.25) is 0 Å². The van der Waals surface area contributed by atoms with Crippen LogP contribution in [0.25, 0.3) is 0 Å². The highest BCUT2D eigenvalue weighted by atomic mass is 16.4. The average molecular weight is 193 g/mol. The van der Waals surface area contributed by atoms with Gasteiger partial charge in [-0.25, -0.2) is 4.79 Å². The Morgan fingerprint density at radius 3 is 2.43 bits per heavy atom. The van der Waals surface area contributed by atoms with Crippen molar-refractivity contribution >= 4 is 17.4 Å². The molecule has 0 radical (unpaired) electrons. The highest BCUT2D eigenvalue weighted by Gasteiger charge is 1.99. The van der Waals surface area contributed by atoms with E-state index in [2.05, 4.69) is 10.5 Å². The molecule has 4 N–H and O–H groups in total. The lowest BCUT2D eigenvalue weighted by Gasteiger charge is -2.02. The number of primary amides is 1. The fraction of sp³-hybridized carbons (Fsp3) is 0.111. The maximum atomic E-state index is 10.5. The van der Waals surface area contributed by atoms with Crippen LogP contribution in [0.15, 0.2) is 29.4 Å². The molecular formula is C9H11N3O2. The van der Waals surface area contributed by atoms with Crippen molar-refractivity contribution in [3.63, 3.8) is 0 Å². The van der Waals surface area contributed by atoms with Gasteiger partial charge in [0.05, 0.1) is 5.71 Å². The predicted octanol–water partition coefficient (Wildman–Crippen LogP) is 1.38. The monoisotopic (exact) mass is 193 g/mol. The molecule has 0 atom stereocenters. The van der Waals surface area contributed by atoms with Gasteiger partial charge in [-0.15, -0.1) is 0 Å². The van der Waals surface area contributed by atoms with Crippen LogP contribution >= 0.6 is 0 Å². The quantitative estimate of drug-likeness (QED) is 0.376. The van der Waals surface area contributed by atoms with Crippen LogP contribution in [-0.2, 0) is 0 Å². The summed E-state index contributed by atoms with van der Waals surface area (Å²) in [6, 6.07) is 6.19. The summed E-state index contributed by atoms with van der Waals surface area (Å²) in [7, 11) is 0. The van der Waals surface area contributed by atoms with Crippen LogP contribution in [0.3, 0.4) is 0 Å². The molecule has 14 heavy (non-hydrogen) atoms. The Hall–Kier alpha value is -2.04. The zero-order valence-electron chi connectivity index (χ0n) is 7.69. The van der Waals surface area contributed by atoms with Gasteiger partial charge < -0.3 is 16.3 Å². The first-order valence-electron chi connectivity index (χ1n) is 3.99. The lowest BCUT2D eigenvalue weighted by Crippen LogP contribution is -2.19. The van der Waals surface area contributed by atoms with Gasteiger partial charge in [-0.05, 0) is 24.6 Å². The number of hydrogen-bond donors (Lipinski definition) is 3. The van der Waals surface area contributed by atoms with Crippen LogP contribution in [0.4, 0.5) is 10.5 Å². The third kappa shape index (κ3) is 2.48. The molecule has 5 heteroatoms. The van der Waals surface area contributed by atoms with Gasteiger partial charge in [0, 0.05) is 5.69 Å². The van der Waals surface area contributed by atoms with Crippen molar-refractivity contribution in [2.45, 2.75) is 6.92 Å². The number of carbonyl (C=O) groups is 1. The minimum absolute atomic E-state index is 0.510. The molecule has 0 aliphatic heterocycles. The largest absolute Gasteiger partial charge is 0.411 e. The molecular weight excluding hydrogens is 182 g/mol. The average Bonchev–Trinajstić information content (AvgIpc) is 2.17. The van der Waals surface area contributed by atoms with E-state index >= 15 is 0 Å². The van der Waals surface area contributed by atoms with Crippen molar-refractivity contribution in [3.8, 4) is 0 Å². The molecule has 0 aromatic heterocycles. The molecule has 0 bridgehead atoms. The first-order chi connectivity index (χ1) is 6.63. The van der Waals surface area contributed by atoms with Crippen molar-refractivity contribution in [1.82, 2.24) is 0 Å². The number of nitrogens with two attached hydrogens (primary N) is 1. The number of carbonyl (C=O) groups excluding carboxylic acids is 1. The minimum atomic E-state index is -0.606. The van der Waals surface area contributed by atoms with Gasteiger partial charge in [0.25, 0.3) is 0 Å². The second-order valence-electron chi connectivity index (χ2n) is 2.75. The number of nitrogens with one attached hydrogen (secondary N) is 1. The normalized spacial score (nSPS) is 11.1. The van der Waals surface area contributed by atoms with Crippen molar-refractivity contribution in [3.05, 3.63) is 29.8 Å². The van der Waals surface area contributed by atoms with Crippen molar-refractivity contribution in [2.75, 3.05) is 5.32 Å². The van der Waals surface area contributed by atoms with E-state index in [0.29, 0.717) is 11.4 Å². The van der Waals surface area contributed by atoms with E-state index in [1.807, 2.05) is 0 Å². The second kappa shape index (κ2) is 4.27. The van der Waals surface area contributed by atoms with Crippen LogP contribution in [0.5, 0.6) is 0 Å². The van der Waals surface area contributed by atoms with E-state index in [4.69, 9.17) is 10.9 Å². The number of oxime groups is 1. The summed E-state index contributed by atoms with van der Waals surface area (Å²) in [6.07, 6.45) is 0. The summed E-state index contributed by atoms with van der Waals surface area (Å²) in [4.78, 5) is 10.5. The Balaban J connectivity index is 2.83. The fourth-order valence-electron chi connectivity index (χ4n) is 0.995. The van der Waals surface area contributed by atoms with E-state index in [0.717, 1.165) is 5.56 Å². The van der Waals surface area contributed by atoms with Gasteiger partial charge >= 0.3 is 6.03 Å². The zero-order valence-corrected chi connectivity index (χ0v) is 7.69. The van der Waals surface area contributed by atoms with Crippen LogP contribution in [0.2, 0.25) is 0 Å². The number of nitrogens with zero attached hydrogens (tertiary/aromatic N) is 1. The molecule has 1 aromatic carbocycles. The molecule has 0 fully saturated rings. The Kier molecular flexibility index (Phi) is 3.06. The summed E-state index contributed by atoms with van der Waals surface area (Å²) in [6.45, 7) is 1.68. The predicted molar refractivity (Wildman–Crippen MR) is 53.6 cm³/mol. The van der Waals surface area contributed by atoms with Gasteiger partial charge in [-0.2, -0.15) is 0 Å². The number of rotatable bonds is 2. The molecule has 0 heterocycles. The van der Waals surface area contributed by atoms with Crippen molar-refractivity contribution < 1.29 is 10.0 Å². The molecule has 0 saturated heterocycles. The Morgan fingerprint density at radius 1 is 1.43 bits per heavy atom. The van der Waals surface area contributed by atoms with Crippen LogP contribution in [0.1, 0.15) is 12.5 Å². The van der Waals surface area contributed by atoms with Crippen LogP contribution < -0.4 is 11.1 Å². The molecule has 74 valence electrons. The minimum Gasteiger partial charge on any atom is -0.411 e. The van der Waals surface area contributed by atoms with Crippen molar-refractivity contribution in [1.29, 1.82) is 0 Å². The van der Waals surface area contributed by atoms with Crippen LogP contribution in [0, 0.1) is 0 Å². The maximum absolute atomic E-state index is 10.5. The summed E-state index contributed by atoms with van der Waals surface area (Å²) in [5, 5.41) is 14.0. The molecule has 0 spiro atoms. The molecule has 0 aliphatic carbocycles. The molecule has 0 aliphatic rings. The first-order valence-corrected chi connectivity index (χ1v) is 3.99. The third-order valence-electron chi connectivity index (χ3n) is 1.72. The molecule has 1 aromatic rings. The smallest absolute Gasteiger partial charge is 0.316 e. The molecule has 0 unspecified atom stereocenters. The zero-order chi connectivity index (χ0) is 10.6. The van der Waals surface area contributed by atoms with E-state index in [1.54, 1.807) is 31.2 Å². The maximum Gasteiger partial charge on any atom is 0.316 e. The van der Waals surface area contributed by atoms with E-state index in [-0.39, 0.29) is 0 Å². The van der Waals surface area contributed by atoms with Crippen molar-refractivity contribution in [2.24, 2.45) is 10.9 Å². The van der Waals surface area contributed by atoms with E-state index < -0.39 is 6.03 Å². The number of hydrogen-bond acceptors (Lipinski definition) is 3. The number of benzene rings is 1. The molecule has 2 amide bonds. The van der Waals surface area contributed by atoms with Crippen LogP contribution in [-0.4, -0.2) is 17.0 Å². The van der Waals surface area contributed by atoms with Gasteiger partial charge in [-0.3, -0.25) is 0 Å². The Labute approximate surface area is 81.2 Å². The van der Waals surface area contributed by atoms with E-state index in [1.165, 1.54) is 0 Å². The standard InChI is InChI=1S/C9H11N3O2/c1-6(12-14)7-2-4-8(5-3-7)11-9(10)13/h2-5,14H,1H3,(H3,10,11,13)/b12-6-. The second-order valence-corrected chi connectivity index (χ2v) is 2.75. The summed E-state index contributed by atoms with van der Waals surface area (Å²) < 4.78 is 0. The SMILES string of the molecule is C/C(=N/O)c1ccc(NC(N)=O)cc1. The first kappa shape index (κ1) is 10.0. The summed E-state index contributed by atoms with van der Waals surface area (Å²) in [5.74, 6) is 0. The van der Waals surface area contributed by atoms with Gasteiger partial charge in [0.1, 0.15) is 0 Å². The highest BCUT2D eigenvalue weighted by molar-refractivity contribution is 5.98. The van der Waals surface area contributed by atoms with Gasteiger partial charge in [-0.1, -0.05) is 17.3 Å². The summed E-state index contributed by atoms with van der Waals surface area (Å²) in [5.41, 5.74) is 6.83. The topological polar surface area (TPSA) is 87.7 Å². The number of anilines is 1. The lowest BCUT2D eigenvalue weighted by molar-refractivity contribution is 0.259. The molecule has 0 saturated carbocycles. The number of urea groups is 1. The molecule has 1 rings (SSSR count). The molecule has 5 nitrogen and oxygen atoms in total. The summed E-state index contributed by atoms with van der Waals surface area (Å²) >= 11 is 0. The highest BCUT2D eigenvalue weighted by Crippen LogP contribution is 2.09. The van der Waals surface area contributed by atoms with Gasteiger partial charge in [0.15, 0.2) is 0 Å². The third-order valence-corrected chi connectivity index (χ3v) is 1.72. The Bertz CT molecular complexity index is 357. The number of amides is 2. The Morgan fingerprint density at radius 2 is 2.00 bits per heavy atom. The van der Waals surface area contributed by atoms with E-state index in [9.17, 15) is 4.79 Å². The lowest BCUT2D eigenvalue weighted by atomic mass is 10.1.